The van der Waals surface area contributed by atoms with Gasteiger partial charge in [-0.05, 0) is 18.5 Å². The SMILES string of the molecule is F[B-](F)(F)Cc1cccc(C(F)(F)F)n1. The van der Waals surface area contributed by atoms with Crippen molar-refractivity contribution in [3.8, 4) is 0 Å². The molecule has 1 heterocycles. The molecule has 0 aliphatic carbocycles. The molecule has 1 aromatic heterocycles. The summed E-state index contributed by atoms with van der Waals surface area (Å²) in [6, 6.07) is 2.46. The summed E-state index contributed by atoms with van der Waals surface area (Å²) in [5, 5.41) is 0. The first-order valence-electron chi connectivity index (χ1n) is 3.92. The van der Waals surface area contributed by atoms with Crippen LogP contribution in [0.25, 0.3) is 0 Å². The fraction of sp³-hybridized carbons (Fsp3) is 0.286. The number of hydrogen-bond donors (Lipinski definition) is 0. The zero-order chi connectivity index (χ0) is 11.7. The quantitative estimate of drug-likeness (QED) is 0.559. The molecular weight excluding hydrogens is 223 g/mol. The average molecular weight is 228 g/mol. The molecule has 15 heavy (non-hydrogen) atoms. The molecule has 0 aromatic carbocycles. The Balaban J connectivity index is 2.94. The van der Waals surface area contributed by atoms with E-state index in [1.165, 1.54) is 0 Å². The molecule has 1 rings (SSSR count). The number of aromatic nitrogens is 1. The Morgan fingerprint density at radius 1 is 1.13 bits per heavy atom. The van der Waals surface area contributed by atoms with E-state index in [9.17, 15) is 26.1 Å². The van der Waals surface area contributed by atoms with Gasteiger partial charge in [0, 0.05) is 5.69 Å². The first-order valence-corrected chi connectivity index (χ1v) is 3.92. The first-order chi connectivity index (χ1) is 6.68. The Morgan fingerprint density at radius 2 is 1.73 bits per heavy atom. The van der Waals surface area contributed by atoms with Gasteiger partial charge >= 0.3 is 13.2 Å². The van der Waals surface area contributed by atoms with Crippen molar-refractivity contribution in [2.75, 3.05) is 0 Å². The van der Waals surface area contributed by atoms with Crippen molar-refractivity contribution in [3.63, 3.8) is 0 Å². The Hall–Kier alpha value is -1.21. The maximum atomic E-state index is 12.1. The Bertz CT molecular complexity index is 344. The minimum Gasteiger partial charge on any atom is -0.449 e. The molecule has 0 unspecified atom stereocenters. The maximum absolute atomic E-state index is 12.1. The van der Waals surface area contributed by atoms with Crippen LogP contribution in [-0.4, -0.2) is 12.0 Å². The molecule has 0 N–H and O–H groups in total. The predicted octanol–water partition coefficient (Wildman–Crippen LogP) is 3.03. The van der Waals surface area contributed by atoms with Gasteiger partial charge in [0.2, 0.25) is 0 Å². The van der Waals surface area contributed by atoms with E-state index in [2.05, 4.69) is 4.98 Å². The number of nitrogens with zero attached hydrogens (tertiary/aromatic N) is 1. The van der Waals surface area contributed by atoms with E-state index in [0.29, 0.717) is 6.07 Å². The summed E-state index contributed by atoms with van der Waals surface area (Å²) in [4.78, 5) is 2.90. The third-order valence-corrected chi connectivity index (χ3v) is 1.54. The summed E-state index contributed by atoms with van der Waals surface area (Å²) in [5.41, 5.74) is -1.92. The van der Waals surface area contributed by atoms with Crippen LogP contribution in [-0.2, 0) is 12.5 Å². The molecule has 0 fully saturated rings. The van der Waals surface area contributed by atoms with Gasteiger partial charge in [0.1, 0.15) is 5.69 Å². The fourth-order valence-corrected chi connectivity index (χ4v) is 0.988. The summed E-state index contributed by atoms with van der Waals surface area (Å²) < 4.78 is 71.9. The van der Waals surface area contributed by atoms with Crippen molar-refractivity contribution < 1.29 is 26.1 Å². The zero-order valence-electron chi connectivity index (χ0n) is 7.23. The zero-order valence-corrected chi connectivity index (χ0v) is 7.23. The van der Waals surface area contributed by atoms with Crippen LogP contribution in [0.4, 0.5) is 26.1 Å². The summed E-state index contributed by atoms with van der Waals surface area (Å²) in [7, 11) is 0. The first kappa shape index (κ1) is 11.9. The summed E-state index contributed by atoms with van der Waals surface area (Å²) >= 11 is 0. The van der Waals surface area contributed by atoms with Crippen molar-refractivity contribution in [1.82, 2.24) is 4.98 Å². The Morgan fingerprint density at radius 3 is 2.20 bits per heavy atom. The molecular formula is C7H5BF6N-. The number of hydrogen-bond acceptors (Lipinski definition) is 1. The van der Waals surface area contributed by atoms with Gasteiger partial charge in [-0.1, -0.05) is 6.07 Å². The topological polar surface area (TPSA) is 12.9 Å². The van der Waals surface area contributed by atoms with Gasteiger partial charge in [-0.15, -0.1) is 0 Å². The van der Waals surface area contributed by atoms with Crippen LogP contribution in [0.5, 0.6) is 0 Å². The Kier molecular flexibility index (Phi) is 2.96. The minimum absolute atomic E-state index is 0.614. The van der Waals surface area contributed by atoms with Crippen molar-refractivity contribution >= 4 is 6.98 Å². The van der Waals surface area contributed by atoms with Crippen molar-refractivity contribution in [1.29, 1.82) is 0 Å². The second-order valence-corrected chi connectivity index (χ2v) is 2.93. The monoisotopic (exact) mass is 228 g/mol. The third-order valence-electron chi connectivity index (χ3n) is 1.54. The second kappa shape index (κ2) is 3.75. The maximum Gasteiger partial charge on any atom is 0.484 e. The molecule has 0 saturated carbocycles. The molecule has 0 radical (unpaired) electrons. The molecule has 0 amide bonds. The summed E-state index contributed by atoms with van der Waals surface area (Å²) in [5.74, 6) is 0. The average Bonchev–Trinajstić information content (AvgIpc) is 1.99. The van der Waals surface area contributed by atoms with E-state index in [1.54, 1.807) is 0 Å². The van der Waals surface area contributed by atoms with Crippen molar-refractivity contribution in [2.24, 2.45) is 0 Å². The van der Waals surface area contributed by atoms with Crippen molar-refractivity contribution in [3.05, 3.63) is 29.6 Å². The van der Waals surface area contributed by atoms with Gasteiger partial charge < -0.3 is 12.9 Å². The minimum atomic E-state index is -5.17. The molecule has 0 spiro atoms. The number of halogens is 6. The third kappa shape index (κ3) is 3.81. The van der Waals surface area contributed by atoms with Crippen LogP contribution in [0, 0.1) is 0 Å². The van der Waals surface area contributed by atoms with Crippen LogP contribution in [0.1, 0.15) is 11.4 Å². The summed E-state index contributed by atoms with van der Waals surface area (Å²) in [6.07, 6.45) is -6.11. The molecule has 0 saturated heterocycles. The molecule has 0 atom stereocenters. The molecule has 1 nitrogen and oxygen atoms in total. The molecule has 0 bridgehead atoms. The van der Waals surface area contributed by atoms with Gasteiger partial charge in [0.25, 0.3) is 0 Å². The predicted molar refractivity (Wildman–Crippen MR) is 42.0 cm³/mol. The van der Waals surface area contributed by atoms with Gasteiger partial charge in [0.15, 0.2) is 0 Å². The van der Waals surface area contributed by atoms with E-state index >= 15 is 0 Å². The van der Waals surface area contributed by atoms with Gasteiger partial charge in [-0.25, -0.2) is 0 Å². The van der Waals surface area contributed by atoms with Gasteiger partial charge in [-0.2, -0.15) is 13.2 Å². The lowest BCUT2D eigenvalue weighted by Gasteiger charge is -2.13. The Labute approximate surface area is 81.2 Å². The van der Waals surface area contributed by atoms with Crippen molar-refractivity contribution in [2.45, 2.75) is 12.5 Å². The smallest absolute Gasteiger partial charge is 0.449 e. The van der Waals surface area contributed by atoms with E-state index in [4.69, 9.17) is 0 Å². The normalized spacial score (nSPS) is 12.9. The fourth-order valence-electron chi connectivity index (χ4n) is 0.988. The molecule has 84 valence electrons. The standard InChI is InChI=1S/C7H5BF6N/c9-7(10,11)6-3-1-2-5(15-6)4-8(12,13)14/h1-3H,4H2/q-1. The van der Waals surface area contributed by atoms with E-state index in [1.807, 2.05) is 0 Å². The van der Waals surface area contributed by atoms with Crippen LogP contribution in [0.15, 0.2) is 18.2 Å². The number of rotatable bonds is 2. The number of alkyl halides is 3. The van der Waals surface area contributed by atoms with Crippen LogP contribution in [0.3, 0.4) is 0 Å². The number of pyridine rings is 1. The summed E-state index contributed by atoms with van der Waals surface area (Å²) in [6.45, 7) is -5.17. The largest absolute Gasteiger partial charge is 0.484 e. The lowest BCUT2D eigenvalue weighted by molar-refractivity contribution is -0.141. The highest BCUT2D eigenvalue weighted by molar-refractivity contribution is 6.57. The molecule has 0 aliphatic rings. The molecule has 1 aromatic rings. The van der Waals surface area contributed by atoms with E-state index in [-0.39, 0.29) is 0 Å². The molecule has 8 heteroatoms. The van der Waals surface area contributed by atoms with Crippen LogP contribution in [0.2, 0.25) is 0 Å². The van der Waals surface area contributed by atoms with Gasteiger partial charge in [-0.3, -0.25) is 4.98 Å². The van der Waals surface area contributed by atoms with E-state index < -0.39 is 30.9 Å². The second-order valence-electron chi connectivity index (χ2n) is 2.93. The highest BCUT2D eigenvalue weighted by Gasteiger charge is 2.33. The van der Waals surface area contributed by atoms with E-state index in [0.717, 1.165) is 12.1 Å². The van der Waals surface area contributed by atoms with Gasteiger partial charge in [0.05, 0.1) is 0 Å². The van der Waals surface area contributed by atoms with Crippen LogP contribution >= 0.6 is 0 Å². The lowest BCUT2D eigenvalue weighted by Crippen LogP contribution is -2.21. The lowest BCUT2D eigenvalue weighted by atomic mass is 9.84. The van der Waals surface area contributed by atoms with Crippen LogP contribution < -0.4 is 0 Å². The molecule has 0 aliphatic heterocycles. The highest BCUT2D eigenvalue weighted by Crippen LogP contribution is 2.28. The highest BCUT2D eigenvalue weighted by atomic mass is 19.4.